The highest BCUT2D eigenvalue weighted by Crippen LogP contribution is 2.25. The number of hydrogen-bond donors (Lipinski definition) is 1. The van der Waals surface area contributed by atoms with E-state index in [9.17, 15) is 14.4 Å². The van der Waals surface area contributed by atoms with Crippen LogP contribution in [0.15, 0.2) is 83.8 Å². The number of rotatable bonds is 10. The van der Waals surface area contributed by atoms with Gasteiger partial charge in [-0.25, -0.2) is 4.79 Å². The van der Waals surface area contributed by atoms with Gasteiger partial charge in [-0.05, 0) is 36.8 Å². The first-order chi connectivity index (χ1) is 16.9. The zero-order valence-electron chi connectivity index (χ0n) is 19.9. The van der Waals surface area contributed by atoms with Gasteiger partial charge in [-0.1, -0.05) is 48.5 Å². The Kier molecular flexibility index (Phi) is 9.31. The van der Waals surface area contributed by atoms with Crippen molar-refractivity contribution in [1.29, 1.82) is 0 Å². The van der Waals surface area contributed by atoms with E-state index >= 15 is 0 Å². The number of esters is 1. The number of benzene rings is 3. The van der Waals surface area contributed by atoms with Crippen molar-refractivity contribution in [3.63, 3.8) is 0 Å². The van der Waals surface area contributed by atoms with Crippen molar-refractivity contribution in [2.45, 2.75) is 24.5 Å². The number of anilines is 1. The van der Waals surface area contributed by atoms with Crippen molar-refractivity contribution < 1.29 is 23.9 Å². The number of carbonyl (C=O) groups is 3. The lowest BCUT2D eigenvalue weighted by atomic mass is 10.2. The SMILES string of the molecule is COc1cccc(NC(=O)CSc2ccccc2C(=O)OC(C)C(=O)N(C)Cc2ccccc2)c1. The lowest BCUT2D eigenvalue weighted by Gasteiger charge is -2.22. The van der Waals surface area contributed by atoms with Crippen LogP contribution < -0.4 is 10.1 Å². The van der Waals surface area contributed by atoms with Crippen molar-refractivity contribution in [3.05, 3.63) is 90.0 Å². The summed E-state index contributed by atoms with van der Waals surface area (Å²) in [5.74, 6) is -0.407. The molecule has 3 aromatic rings. The van der Waals surface area contributed by atoms with Crippen LogP contribution in [0.3, 0.4) is 0 Å². The first-order valence-corrected chi connectivity index (χ1v) is 12.0. The van der Waals surface area contributed by atoms with E-state index in [2.05, 4.69) is 5.32 Å². The Bertz CT molecular complexity index is 1170. The smallest absolute Gasteiger partial charge is 0.340 e. The molecule has 1 unspecified atom stereocenters. The maximum absolute atomic E-state index is 12.8. The average Bonchev–Trinajstić information content (AvgIpc) is 2.87. The van der Waals surface area contributed by atoms with Gasteiger partial charge in [0.15, 0.2) is 6.10 Å². The number of ether oxygens (including phenoxy) is 2. The molecule has 0 aromatic heterocycles. The zero-order chi connectivity index (χ0) is 25.2. The van der Waals surface area contributed by atoms with Crippen molar-refractivity contribution in [2.24, 2.45) is 0 Å². The maximum atomic E-state index is 12.8. The molecule has 0 spiro atoms. The molecule has 35 heavy (non-hydrogen) atoms. The summed E-state index contributed by atoms with van der Waals surface area (Å²) in [6, 6.07) is 23.5. The van der Waals surface area contributed by atoms with Crippen molar-refractivity contribution in [2.75, 3.05) is 25.2 Å². The summed E-state index contributed by atoms with van der Waals surface area (Å²) < 4.78 is 10.6. The molecule has 0 fully saturated rings. The van der Waals surface area contributed by atoms with E-state index in [4.69, 9.17) is 9.47 Å². The number of nitrogens with zero attached hydrogens (tertiary/aromatic N) is 1. The number of hydrogen-bond acceptors (Lipinski definition) is 6. The van der Waals surface area contributed by atoms with Crippen LogP contribution in [0.25, 0.3) is 0 Å². The quantitative estimate of drug-likeness (QED) is 0.328. The van der Waals surface area contributed by atoms with Crippen molar-refractivity contribution in [3.8, 4) is 5.75 Å². The molecule has 0 radical (unpaired) electrons. The Morgan fingerprint density at radius 3 is 2.43 bits per heavy atom. The molecule has 7 nitrogen and oxygen atoms in total. The molecule has 2 amide bonds. The number of thioether (sulfide) groups is 1. The Hall–Kier alpha value is -3.78. The molecule has 0 aliphatic rings. The van der Waals surface area contributed by atoms with Gasteiger partial charge in [0.1, 0.15) is 5.75 Å². The Labute approximate surface area is 209 Å². The fourth-order valence-electron chi connectivity index (χ4n) is 3.32. The topological polar surface area (TPSA) is 84.9 Å². The van der Waals surface area contributed by atoms with E-state index in [0.29, 0.717) is 28.4 Å². The van der Waals surface area contributed by atoms with Gasteiger partial charge >= 0.3 is 5.97 Å². The Morgan fingerprint density at radius 1 is 0.971 bits per heavy atom. The summed E-state index contributed by atoms with van der Waals surface area (Å²) >= 11 is 1.22. The maximum Gasteiger partial charge on any atom is 0.340 e. The van der Waals surface area contributed by atoms with E-state index in [1.165, 1.54) is 16.7 Å². The van der Waals surface area contributed by atoms with Gasteiger partial charge in [-0.2, -0.15) is 0 Å². The predicted octanol–water partition coefficient (Wildman–Crippen LogP) is 4.63. The predicted molar refractivity (Wildman–Crippen MR) is 137 cm³/mol. The minimum absolute atomic E-state index is 0.0931. The normalized spacial score (nSPS) is 11.3. The van der Waals surface area contributed by atoms with Gasteiger partial charge in [-0.3, -0.25) is 9.59 Å². The van der Waals surface area contributed by atoms with Crippen LogP contribution >= 0.6 is 11.8 Å². The Morgan fingerprint density at radius 2 is 1.69 bits per heavy atom. The molecular weight excluding hydrogens is 464 g/mol. The van der Waals surface area contributed by atoms with Crippen molar-refractivity contribution >= 4 is 35.2 Å². The largest absolute Gasteiger partial charge is 0.497 e. The molecule has 1 N–H and O–H groups in total. The molecule has 0 aliphatic carbocycles. The second-order valence-electron chi connectivity index (χ2n) is 7.79. The highest BCUT2D eigenvalue weighted by Gasteiger charge is 2.24. The third-order valence-electron chi connectivity index (χ3n) is 5.09. The summed E-state index contributed by atoms with van der Waals surface area (Å²) in [5.41, 5.74) is 1.91. The van der Waals surface area contributed by atoms with Crippen LogP contribution in [0.5, 0.6) is 5.75 Å². The molecule has 0 aliphatic heterocycles. The van der Waals surface area contributed by atoms with Crippen LogP contribution in [-0.2, 0) is 20.9 Å². The molecule has 8 heteroatoms. The molecular formula is C27H28N2O5S. The van der Waals surface area contributed by atoms with Crippen LogP contribution in [0.1, 0.15) is 22.8 Å². The van der Waals surface area contributed by atoms with Crippen molar-refractivity contribution in [1.82, 2.24) is 4.90 Å². The van der Waals surface area contributed by atoms with Crippen LogP contribution in [0.2, 0.25) is 0 Å². The molecule has 3 aromatic carbocycles. The number of amides is 2. The van der Waals surface area contributed by atoms with E-state index in [1.54, 1.807) is 69.6 Å². The number of methoxy groups -OCH3 is 1. The van der Waals surface area contributed by atoms with Gasteiger partial charge in [0.05, 0.1) is 18.4 Å². The third-order valence-corrected chi connectivity index (χ3v) is 6.16. The molecule has 0 bridgehead atoms. The third kappa shape index (κ3) is 7.61. The number of nitrogens with one attached hydrogen (secondary N) is 1. The second kappa shape index (κ2) is 12.6. The van der Waals surface area contributed by atoms with Gasteiger partial charge in [0, 0.05) is 30.2 Å². The average molecular weight is 493 g/mol. The molecule has 0 heterocycles. The molecule has 0 saturated carbocycles. The molecule has 1 atom stereocenters. The Balaban J connectivity index is 1.57. The lowest BCUT2D eigenvalue weighted by molar-refractivity contribution is -0.139. The van der Waals surface area contributed by atoms with E-state index in [-0.39, 0.29) is 17.6 Å². The van der Waals surface area contributed by atoms with Crippen LogP contribution in [0, 0.1) is 0 Å². The monoisotopic (exact) mass is 492 g/mol. The fourth-order valence-corrected chi connectivity index (χ4v) is 4.16. The standard InChI is InChI=1S/C27H28N2O5S/c1-19(26(31)29(2)17-20-10-5-4-6-11-20)34-27(32)23-14-7-8-15-24(23)35-18-25(30)28-21-12-9-13-22(16-21)33-3/h4-16,19H,17-18H2,1-3H3,(H,28,30). The summed E-state index contributed by atoms with van der Waals surface area (Å²) in [7, 11) is 3.23. The lowest BCUT2D eigenvalue weighted by Crippen LogP contribution is -2.37. The van der Waals surface area contributed by atoms with Gasteiger partial charge < -0.3 is 19.7 Å². The van der Waals surface area contributed by atoms with Crippen LogP contribution in [-0.4, -0.2) is 48.7 Å². The summed E-state index contributed by atoms with van der Waals surface area (Å²) in [6.45, 7) is 1.97. The number of likely N-dealkylation sites (N-methyl/N-ethyl adjacent to an activating group) is 1. The van der Waals surface area contributed by atoms with Gasteiger partial charge in [0.2, 0.25) is 5.91 Å². The van der Waals surface area contributed by atoms with Crippen LogP contribution in [0.4, 0.5) is 5.69 Å². The molecule has 3 rings (SSSR count). The zero-order valence-corrected chi connectivity index (χ0v) is 20.7. The number of carbonyl (C=O) groups excluding carboxylic acids is 3. The molecule has 182 valence electrons. The summed E-state index contributed by atoms with van der Waals surface area (Å²) in [4.78, 5) is 40.1. The van der Waals surface area contributed by atoms with Gasteiger partial charge in [-0.15, -0.1) is 11.8 Å². The van der Waals surface area contributed by atoms with E-state index in [0.717, 1.165) is 5.56 Å². The molecule has 0 saturated heterocycles. The minimum atomic E-state index is -0.953. The van der Waals surface area contributed by atoms with E-state index < -0.39 is 12.1 Å². The highest BCUT2D eigenvalue weighted by molar-refractivity contribution is 8.00. The minimum Gasteiger partial charge on any atom is -0.497 e. The first kappa shape index (κ1) is 25.8. The van der Waals surface area contributed by atoms with Gasteiger partial charge in [0.25, 0.3) is 5.91 Å². The fraction of sp³-hybridized carbons (Fsp3) is 0.222. The summed E-state index contributed by atoms with van der Waals surface area (Å²) in [5, 5.41) is 2.81. The summed E-state index contributed by atoms with van der Waals surface area (Å²) in [6.07, 6.45) is -0.953. The highest BCUT2D eigenvalue weighted by atomic mass is 32.2. The van der Waals surface area contributed by atoms with E-state index in [1.807, 2.05) is 30.3 Å². The first-order valence-electron chi connectivity index (χ1n) is 11.0. The second-order valence-corrected chi connectivity index (χ2v) is 8.81.